The van der Waals surface area contributed by atoms with Crippen LogP contribution in [0.15, 0.2) is 18.5 Å². The number of piperazine rings is 1. The van der Waals surface area contributed by atoms with E-state index in [0.717, 1.165) is 44.8 Å². The van der Waals surface area contributed by atoms with Crippen LogP contribution in [0.1, 0.15) is 37.6 Å². The van der Waals surface area contributed by atoms with Gasteiger partial charge in [-0.2, -0.15) is 0 Å². The van der Waals surface area contributed by atoms with E-state index in [0.29, 0.717) is 11.6 Å². The molecule has 0 spiro atoms. The predicted molar refractivity (Wildman–Crippen MR) is 85.6 cm³/mol. The molecular weight excluding hydrogens is 264 g/mol. The summed E-state index contributed by atoms with van der Waals surface area (Å²) in [5.41, 5.74) is 1.57. The first kappa shape index (κ1) is 15.8. The molecule has 1 aliphatic rings. The van der Waals surface area contributed by atoms with Gasteiger partial charge in [0, 0.05) is 44.6 Å². The van der Waals surface area contributed by atoms with Crippen LogP contribution < -0.4 is 5.32 Å². The smallest absolute Gasteiger partial charge is 0.257 e. The monoisotopic (exact) mass is 290 g/mol. The standard InChI is InChI=1S/C16H26N4O/c1-4-7-18-15-6-8-17-11-14(15)16(21)20-10-9-19(5-2)13(3)12-20/h6,8,11,13H,4-5,7,9-10,12H2,1-3H3,(H,17,18). The molecule has 1 unspecified atom stereocenters. The van der Waals surface area contributed by atoms with Crippen LogP contribution >= 0.6 is 0 Å². The molecule has 1 aromatic rings. The fourth-order valence-electron chi connectivity index (χ4n) is 2.80. The number of pyridine rings is 1. The van der Waals surface area contributed by atoms with Crippen molar-refractivity contribution in [2.75, 3.05) is 38.0 Å². The first-order chi connectivity index (χ1) is 10.2. The zero-order valence-electron chi connectivity index (χ0n) is 13.3. The second kappa shape index (κ2) is 7.41. The largest absolute Gasteiger partial charge is 0.384 e. The van der Waals surface area contributed by atoms with Crippen LogP contribution in [0.2, 0.25) is 0 Å². The van der Waals surface area contributed by atoms with E-state index >= 15 is 0 Å². The highest BCUT2D eigenvalue weighted by atomic mass is 16.2. The third kappa shape index (κ3) is 3.73. The number of nitrogens with one attached hydrogen (secondary N) is 1. The summed E-state index contributed by atoms with van der Waals surface area (Å²) in [5, 5.41) is 3.32. The molecule has 1 atom stereocenters. The molecule has 0 radical (unpaired) electrons. The van der Waals surface area contributed by atoms with Crippen LogP contribution in [0.4, 0.5) is 5.69 Å². The van der Waals surface area contributed by atoms with Crippen LogP contribution in [0.25, 0.3) is 0 Å². The lowest BCUT2D eigenvalue weighted by atomic mass is 10.1. The summed E-state index contributed by atoms with van der Waals surface area (Å²) >= 11 is 0. The Kier molecular flexibility index (Phi) is 5.56. The fraction of sp³-hybridized carbons (Fsp3) is 0.625. The SMILES string of the molecule is CCCNc1ccncc1C(=O)N1CCN(CC)C(C)C1. The van der Waals surface area contributed by atoms with Crippen molar-refractivity contribution in [2.45, 2.75) is 33.2 Å². The number of nitrogens with zero attached hydrogens (tertiary/aromatic N) is 3. The Labute approximate surface area is 127 Å². The minimum absolute atomic E-state index is 0.0873. The molecule has 2 rings (SSSR count). The molecule has 5 nitrogen and oxygen atoms in total. The summed E-state index contributed by atoms with van der Waals surface area (Å²) < 4.78 is 0. The first-order valence-corrected chi connectivity index (χ1v) is 7.88. The third-order valence-electron chi connectivity index (χ3n) is 4.08. The minimum Gasteiger partial charge on any atom is -0.384 e. The molecule has 116 valence electrons. The Bertz CT molecular complexity index is 477. The van der Waals surface area contributed by atoms with Gasteiger partial charge in [-0.3, -0.25) is 14.7 Å². The van der Waals surface area contributed by atoms with Crippen LogP contribution in [0, 0.1) is 0 Å². The molecule has 1 N–H and O–H groups in total. The molecule has 0 bridgehead atoms. The summed E-state index contributed by atoms with van der Waals surface area (Å²) in [7, 11) is 0. The van der Waals surface area contributed by atoms with Gasteiger partial charge in [-0.15, -0.1) is 0 Å². The van der Waals surface area contributed by atoms with E-state index in [1.807, 2.05) is 11.0 Å². The molecular formula is C16H26N4O. The van der Waals surface area contributed by atoms with Gasteiger partial charge in [0.2, 0.25) is 0 Å². The van der Waals surface area contributed by atoms with Crippen molar-refractivity contribution in [3.8, 4) is 0 Å². The van der Waals surface area contributed by atoms with Crippen molar-refractivity contribution in [1.29, 1.82) is 0 Å². The Hall–Kier alpha value is -1.62. The summed E-state index contributed by atoms with van der Waals surface area (Å²) in [4.78, 5) is 21.2. The van der Waals surface area contributed by atoms with Gasteiger partial charge in [-0.05, 0) is 26.0 Å². The molecule has 0 aliphatic carbocycles. The molecule has 1 amide bonds. The number of carbonyl (C=O) groups excluding carboxylic acids is 1. The first-order valence-electron chi connectivity index (χ1n) is 7.88. The zero-order chi connectivity index (χ0) is 15.2. The lowest BCUT2D eigenvalue weighted by Crippen LogP contribution is -2.53. The van der Waals surface area contributed by atoms with Crippen molar-refractivity contribution in [1.82, 2.24) is 14.8 Å². The lowest BCUT2D eigenvalue weighted by molar-refractivity contribution is 0.0529. The lowest BCUT2D eigenvalue weighted by Gasteiger charge is -2.39. The maximum atomic E-state index is 12.8. The normalized spacial score (nSPS) is 19.6. The van der Waals surface area contributed by atoms with Gasteiger partial charge in [-0.25, -0.2) is 0 Å². The Morgan fingerprint density at radius 3 is 2.90 bits per heavy atom. The van der Waals surface area contributed by atoms with Crippen LogP contribution in [0.3, 0.4) is 0 Å². The number of likely N-dealkylation sites (N-methyl/N-ethyl adjacent to an activating group) is 1. The highest BCUT2D eigenvalue weighted by Gasteiger charge is 2.27. The summed E-state index contributed by atoms with van der Waals surface area (Å²) in [6, 6.07) is 2.30. The van der Waals surface area contributed by atoms with Gasteiger partial charge < -0.3 is 10.2 Å². The highest BCUT2D eigenvalue weighted by molar-refractivity contribution is 5.99. The number of rotatable bonds is 5. The number of anilines is 1. The van der Waals surface area contributed by atoms with Gasteiger partial charge >= 0.3 is 0 Å². The minimum atomic E-state index is 0.0873. The third-order valence-corrected chi connectivity index (χ3v) is 4.08. The van der Waals surface area contributed by atoms with E-state index in [1.165, 1.54) is 0 Å². The van der Waals surface area contributed by atoms with Gasteiger partial charge in [0.1, 0.15) is 0 Å². The van der Waals surface area contributed by atoms with E-state index in [1.54, 1.807) is 12.4 Å². The van der Waals surface area contributed by atoms with Crippen molar-refractivity contribution in [2.24, 2.45) is 0 Å². The maximum Gasteiger partial charge on any atom is 0.257 e. The number of carbonyl (C=O) groups is 1. The number of amides is 1. The van der Waals surface area contributed by atoms with Gasteiger partial charge in [0.25, 0.3) is 5.91 Å². The summed E-state index contributed by atoms with van der Waals surface area (Å²) in [6.45, 7) is 10.9. The van der Waals surface area contributed by atoms with Crippen LogP contribution in [-0.4, -0.2) is 59.5 Å². The van der Waals surface area contributed by atoms with Crippen molar-refractivity contribution < 1.29 is 4.79 Å². The van der Waals surface area contributed by atoms with Crippen molar-refractivity contribution >= 4 is 11.6 Å². The molecule has 1 aliphatic heterocycles. The maximum absolute atomic E-state index is 12.8. The molecule has 5 heteroatoms. The molecule has 0 saturated carbocycles. The molecule has 2 heterocycles. The number of hydrogen-bond acceptors (Lipinski definition) is 4. The molecule has 1 fully saturated rings. The van der Waals surface area contributed by atoms with Crippen molar-refractivity contribution in [3.05, 3.63) is 24.0 Å². The van der Waals surface area contributed by atoms with Crippen LogP contribution in [0.5, 0.6) is 0 Å². The summed E-state index contributed by atoms with van der Waals surface area (Å²) in [6.07, 6.45) is 4.44. The summed E-state index contributed by atoms with van der Waals surface area (Å²) in [5.74, 6) is 0.0873. The molecule has 0 aromatic carbocycles. The van der Waals surface area contributed by atoms with Crippen LogP contribution in [-0.2, 0) is 0 Å². The van der Waals surface area contributed by atoms with E-state index in [4.69, 9.17) is 0 Å². The van der Waals surface area contributed by atoms with E-state index in [-0.39, 0.29) is 5.91 Å². The predicted octanol–water partition coefficient (Wildman–Crippen LogP) is 2.07. The fourth-order valence-corrected chi connectivity index (χ4v) is 2.80. The molecule has 1 aromatic heterocycles. The van der Waals surface area contributed by atoms with E-state index < -0.39 is 0 Å². The number of aromatic nitrogens is 1. The quantitative estimate of drug-likeness (QED) is 0.902. The Morgan fingerprint density at radius 1 is 1.43 bits per heavy atom. The van der Waals surface area contributed by atoms with Gasteiger partial charge in [0.15, 0.2) is 0 Å². The van der Waals surface area contributed by atoms with Crippen molar-refractivity contribution in [3.63, 3.8) is 0 Å². The number of hydrogen-bond donors (Lipinski definition) is 1. The van der Waals surface area contributed by atoms with Gasteiger partial charge in [0.05, 0.1) is 11.3 Å². The van der Waals surface area contributed by atoms with E-state index in [9.17, 15) is 4.79 Å². The average Bonchev–Trinajstić information content (AvgIpc) is 2.52. The van der Waals surface area contributed by atoms with Gasteiger partial charge in [-0.1, -0.05) is 13.8 Å². The Morgan fingerprint density at radius 2 is 2.24 bits per heavy atom. The topological polar surface area (TPSA) is 48.5 Å². The zero-order valence-corrected chi connectivity index (χ0v) is 13.3. The molecule has 21 heavy (non-hydrogen) atoms. The van der Waals surface area contributed by atoms with E-state index in [2.05, 4.69) is 36.0 Å². The average molecular weight is 290 g/mol. The molecule has 1 saturated heterocycles. The Balaban J connectivity index is 2.10. The second-order valence-electron chi connectivity index (χ2n) is 5.58. The second-order valence-corrected chi connectivity index (χ2v) is 5.58. The highest BCUT2D eigenvalue weighted by Crippen LogP contribution is 2.18.